The van der Waals surface area contributed by atoms with Crippen LogP contribution in [0, 0.1) is 11.3 Å². The van der Waals surface area contributed by atoms with Crippen LogP contribution in [-0.2, 0) is 20.6 Å². The molecule has 0 heterocycles. The summed E-state index contributed by atoms with van der Waals surface area (Å²) in [4.78, 5) is 10.3. The highest BCUT2D eigenvalue weighted by Gasteiger charge is 2.10. The lowest BCUT2D eigenvalue weighted by Gasteiger charge is -2.06. The summed E-state index contributed by atoms with van der Waals surface area (Å²) in [5.41, 5.74) is 1.11. The molecule has 0 saturated carbocycles. The van der Waals surface area contributed by atoms with Gasteiger partial charge in [-0.15, -0.1) is 0 Å². The van der Waals surface area contributed by atoms with E-state index in [4.69, 9.17) is 10.4 Å². The van der Waals surface area contributed by atoms with Gasteiger partial charge in [-0.25, -0.2) is 13.1 Å². The molecule has 0 aliphatic heterocycles. The van der Waals surface area contributed by atoms with Crippen molar-refractivity contribution >= 4 is 16.0 Å². The van der Waals surface area contributed by atoms with Gasteiger partial charge in [-0.3, -0.25) is 4.79 Å². The zero-order valence-corrected chi connectivity index (χ0v) is 12.4. The van der Waals surface area contributed by atoms with Crippen LogP contribution in [0.4, 0.5) is 0 Å². The first-order valence-corrected chi connectivity index (χ1v) is 8.26. The van der Waals surface area contributed by atoms with Crippen molar-refractivity contribution in [3.8, 4) is 6.07 Å². The van der Waals surface area contributed by atoms with Crippen molar-refractivity contribution in [1.82, 2.24) is 4.72 Å². The summed E-state index contributed by atoms with van der Waals surface area (Å²) >= 11 is 0. The maximum absolute atomic E-state index is 11.8. The zero-order valence-electron chi connectivity index (χ0n) is 11.6. The third-order valence-electron chi connectivity index (χ3n) is 2.83. The number of hydrogen-bond donors (Lipinski definition) is 2. The quantitative estimate of drug-likeness (QED) is 0.674. The minimum atomic E-state index is -3.41. The van der Waals surface area contributed by atoms with E-state index >= 15 is 0 Å². The van der Waals surface area contributed by atoms with Gasteiger partial charge in [-0.05, 0) is 30.5 Å². The Bertz CT molecular complexity index is 603. The number of nitriles is 1. The first kappa shape index (κ1) is 17.1. The van der Waals surface area contributed by atoms with Gasteiger partial charge in [0.05, 0.1) is 17.4 Å². The molecule has 0 radical (unpaired) electrons. The van der Waals surface area contributed by atoms with Gasteiger partial charge in [0.15, 0.2) is 0 Å². The average molecular weight is 310 g/mol. The highest BCUT2D eigenvalue weighted by molar-refractivity contribution is 7.88. The molecular weight excluding hydrogens is 292 g/mol. The Morgan fingerprint density at radius 1 is 1.19 bits per heavy atom. The number of sulfonamides is 1. The SMILES string of the molecule is N#Cc1ccc(CS(=O)(=O)NCCCCCC(=O)O)cc1. The second kappa shape index (κ2) is 8.39. The number of nitrogens with one attached hydrogen (secondary N) is 1. The summed E-state index contributed by atoms with van der Waals surface area (Å²) in [7, 11) is -3.41. The number of unbranched alkanes of at least 4 members (excludes halogenated alkanes) is 2. The van der Waals surface area contributed by atoms with Crippen LogP contribution in [0.3, 0.4) is 0 Å². The fourth-order valence-corrected chi connectivity index (χ4v) is 2.94. The maximum atomic E-state index is 11.8. The molecule has 0 amide bonds. The molecular formula is C14H18N2O4S. The Morgan fingerprint density at radius 2 is 1.86 bits per heavy atom. The number of aliphatic carboxylic acids is 1. The second-order valence-corrected chi connectivity index (χ2v) is 6.47. The van der Waals surface area contributed by atoms with Crippen LogP contribution in [0.25, 0.3) is 0 Å². The predicted molar refractivity (Wildman–Crippen MR) is 77.9 cm³/mol. The summed E-state index contributed by atoms with van der Waals surface area (Å²) in [6, 6.07) is 8.36. The van der Waals surface area contributed by atoms with Crippen molar-refractivity contribution in [2.24, 2.45) is 0 Å². The van der Waals surface area contributed by atoms with E-state index in [-0.39, 0.29) is 12.2 Å². The molecule has 0 bridgehead atoms. The highest BCUT2D eigenvalue weighted by Crippen LogP contribution is 2.07. The van der Waals surface area contributed by atoms with Gasteiger partial charge >= 0.3 is 5.97 Å². The molecule has 0 fully saturated rings. The molecule has 0 atom stereocenters. The molecule has 7 heteroatoms. The van der Waals surface area contributed by atoms with Crippen molar-refractivity contribution in [2.75, 3.05) is 6.54 Å². The van der Waals surface area contributed by atoms with Crippen LogP contribution in [0.15, 0.2) is 24.3 Å². The van der Waals surface area contributed by atoms with Crippen LogP contribution < -0.4 is 4.72 Å². The summed E-state index contributed by atoms with van der Waals surface area (Å²) in [5, 5.41) is 17.1. The molecule has 114 valence electrons. The third kappa shape index (κ3) is 7.44. The largest absolute Gasteiger partial charge is 0.481 e. The molecule has 0 spiro atoms. The summed E-state index contributed by atoms with van der Waals surface area (Å²) in [5.74, 6) is -0.968. The summed E-state index contributed by atoms with van der Waals surface area (Å²) < 4.78 is 26.1. The first-order valence-electron chi connectivity index (χ1n) is 6.61. The van der Waals surface area contributed by atoms with Crippen LogP contribution in [0.1, 0.15) is 36.8 Å². The average Bonchev–Trinajstić information content (AvgIpc) is 2.43. The van der Waals surface area contributed by atoms with E-state index in [1.165, 1.54) is 0 Å². The Labute approximate surface area is 124 Å². The van der Waals surface area contributed by atoms with Gasteiger partial charge in [0.2, 0.25) is 10.0 Å². The molecule has 0 saturated heterocycles. The normalized spacial score (nSPS) is 11.0. The number of carboxylic acids is 1. The lowest BCUT2D eigenvalue weighted by molar-refractivity contribution is -0.137. The number of benzene rings is 1. The monoisotopic (exact) mass is 310 g/mol. The van der Waals surface area contributed by atoms with Crippen molar-refractivity contribution in [3.05, 3.63) is 35.4 Å². The van der Waals surface area contributed by atoms with E-state index in [9.17, 15) is 13.2 Å². The number of nitrogens with zero attached hydrogens (tertiary/aromatic N) is 1. The Morgan fingerprint density at radius 3 is 2.43 bits per heavy atom. The molecule has 0 aromatic heterocycles. The Balaban J connectivity index is 2.33. The van der Waals surface area contributed by atoms with E-state index in [0.29, 0.717) is 36.9 Å². The Hall–Kier alpha value is -1.91. The number of rotatable bonds is 9. The van der Waals surface area contributed by atoms with Gasteiger partial charge < -0.3 is 5.11 Å². The van der Waals surface area contributed by atoms with Gasteiger partial charge in [-0.2, -0.15) is 5.26 Å². The molecule has 0 aliphatic carbocycles. The van der Waals surface area contributed by atoms with Crippen molar-refractivity contribution < 1.29 is 18.3 Å². The van der Waals surface area contributed by atoms with Crippen LogP contribution >= 0.6 is 0 Å². The molecule has 2 N–H and O–H groups in total. The van der Waals surface area contributed by atoms with E-state index in [1.807, 2.05) is 6.07 Å². The fourth-order valence-electron chi connectivity index (χ4n) is 1.75. The molecule has 21 heavy (non-hydrogen) atoms. The van der Waals surface area contributed by atoms with Crippen LogP contribution in [0.2, 0.25) is 0 Å². The smallest absolute Gasteiger partial charge is 0.303 e. The summed E-state index contributed by atoms with van der Waals surface area (Å²) in [6.45, 7) is 0.304. The molecule has 0 aliphatic rings. The number of hydrogen-bond acceptors (Lipinski definition) is 4. The topological polar surface area (TPSA) is 107 Å². The third-order valence-corrected chi connectivity index (χ3v) is 4.19. The number of carboxylic acid groups (broad SMARTS) is 1. The highest BCUT2D eigenvalue weighted by atomic mass is 32.2. The first-order chi connectivity index (χ1) is 9.93. The molecule has 1 aromatic carbocycles. The second-order valence-electron chi connectivity index (χ2n) is 4.67. The van der Waals surface area contributed by atoms with Crippen molar-refractivity contribution in [2.45, 2.75) is 31.4 Å². The standard InChI is InChI=1S/C14H18N2O4S/c15-10-12-5-7-13(8-6-12)11-21(19,20)16-9-3-1-2-4-14(17)18/h5-8,16H,1-4,9,11H2,(H,17,18). The lowest BCUT2D eigenvalue weighted by atomic mass is 10.2. The fraction of sp³-hybridized carbons (Fsp3) is 0.429. The van der Waals surface area contributed by atoms with Gasteiger partial charge in [0.25, 0.3) is 0 Å². The van der Waals surface area contributed by atoms with E-state index < -0.39 is 16.0 Å². The van der Waals surface area contributed by atoms with E-state index in [2.05, 4.69) is 4.72 Å². The minimum absolute atomic E-state index is 0.109. The number of carbonyl (C=O) groups is 1. The van der Waals surface area contributed by atoms with E-state index in [0.717, 1.165) is 0 Å². The minimum Gasteiger partial charge on any atom is -0.481 e. The zero-order chi connectivity index (χ0) is 15.7. The van der Waals surface area contributed by atoms with Crippen LogP contribution in [0.5, 0.6) is 0 Å². The molecule has 1 rings (SSSR count). The summed E-state index contributed by atoms with van der Waals surface area (Å²) in [6.07, 6.45) is 1.94. The lowest BCUT2D eigenvalue weighted by Crippen LogP contribution is -2.26. The predicted octanol–water partition coefficient (Wildman–Crippen LogP) is 1.62. The van der Waals surface area contributed by atoms with Crippen molar-refractivity contribution in [1.29, 1.82) is 5.26 Å². The van der Waals surface area contributed by atoms with Crippen molar-refractivity contribution in [3.63, 3.8) is 0 Å². The molecule has 6 nitrogen and oxygen atoms in total. The van der Waals surface area contributed by atoms with Gasteiger partial charge in [0, 0.05) is 13.0 Å². The van der Waals surface area contributed by atoms with Gasteiger partial charge in [0.1, 0.15) is 0 Å². The van der Waals surface area contributed by atoms with Gasteiger partial charge in [-0.1, -0.05) is 18.6 Å². The molecule has 0 unspecified atom stereocenters. The maximum Gasteiger partial charge on any atom is 0.303 e. The van der Waals surface area contributed by atoms with E-state index in [1.54, 1.807) is 24.3 Å². The Kier molecular flexibility index (Phi) is 6.85. The van der Waals surface area contributed by atoms with Crippen LogP contribution in [-0.4, -0.2) is 26.0 Å². The molecule has 1 aromatic rings.